The highest BCUT2D eigenvalue weighted by atomic mass is 79.9. The highest BCUT2D eigenvalue weighted by molar-refractivity contribution is 9.10. The van der Waals surface area contributed by atoms with E-state index in [1.54, 1.807) is 6.07 Å². The van der Waals surface area contributed by atoms with Gasteiger partial charge in [0.15, 0.2) is 0 Å². The molecule has 0 radical (unpaired) electrons. The lowest BCUT2D eigenvalue weighted by atomic mass is 9.86. The van der Waals surface area contributed by atoms with Crippen LogP contribution in [-0.2, 0) is 5.41 Å². The summed E-state index contributed by atoms with van der Waals surface area (Å²) in [4.78, 5) is -0.135. The van der Waals surface area contributed by atoms with Gasteiger partial charge in [0.1, 0.15) is 5.82 Å². The second kappa shape index (κ2) is 5.98. The number of halogens is 3. The first-order chi connectivity index (χ1) is 9.29. The molecule has 0 nitrogen and oxygen atoms in total. The van der Waals surface area contributed by atoms with E-state index < -0.39 is 0 Å². The number of hydrogen-bond donors (Lipinski definition) is 0. The summed E-state index contributed by atoms with van der Waals surface area (Å²) in [5.41, 5.74) is 3.11. The van der Waals surface area contributed by atoms with Crippen LogP contribution in [0, 0.1) is 5.82 Å². The minimum Gasteiger partial charge on any atom is -0.207 e. The van der Waals surface area contributed by atoms with E-state index in [0.717, 1.165) is 10.0 Å². The quantitative estimate of drug-likeness (QED) is 0.514. The lowest BCUT2D eigenvalue weighted by Gasteiger charge is -2.20. The molecule has 0 spiro atoms. The van der Waals surface area contributed by atoms with Crippen LogP contribution in [0.4, 0.5) is 4.39 Å². The van der Waals surface area contributed by atoms with Crippen molar-refractivity contribution in [3.63, 3.8) is 0 Å². The fourth-order valence-electron chi connectivity index (χ4n) is 2.04. The lowest BCUT2D eigenvalue weighted by molar-refractivity contribution is 0.589. The van der Waals surface area contributed by atoms with Crippen LogP contribution in [0.5, 0.6) is 0 Å². The fourth-order valence-corrected chi connectivity index (χ4v) is 3.05. The Balaban J connectivity index is 2.31. The zero-order chi connectivity index (χ0) is 14.9. The standard InChI is InChI=1S/C17H17Br2F/c1-17(2,3)12-6-4-11(5-7-12)16(19)14-9-8-13(18)10-15(14)20/h4-10,16H,1-3H3. The summed E-state index contributed by atoms with van der Waals surface area (Å²) in [6.07, 6.45) is 0. The summed E-state index contributed by atoms with van der Waals surface area (Å²) in [7, 11) is 0. The molecule has 0 bridgehead atoms. The Morgan fingerprint density at radius 1 is 1.00 bits per heavy atom. The molecule has 0 heterocycles. The largest absolute Gasteiger partial charge is 0.207 e. The van der Waals surface area contributed by atoms with Gasteiger partial charge in [-0.15, -0.1) is 0 Å². The first-order valence-corrected chi connectivity index (χ1v) is 8.19. The van der Waals surface area contributed by atoms with E-state index in [9.17, 15) is 4.39 Å². The van der Waals surface area contributed by atoms with Crippen molar-refractivity contribution >= 4 is 31.9 Å². The minimum absolute atomic E-state index is 0.128. The van der Waals surface area contributed by atoms with Crippen molar-refractivity contribution in [3.8, 4) is 0 Å². The maximum Gasteiger partial charge on any atom is 0.129 e. The molecule has 20 heavy (non-hydrogen) atoms. The topological polar surface area (TPSA) is 0 Å². The van der Waals surface area contributed by atoms with Crippen molar-refractivity contribution < 1.29 is 4.39 Å². The first-order valence-electron chi connectivity index (χ1n) is 6.48. The SMILES string of the molecule is CC(C)(C)c1ccc(C(Br)c2ccc(Br)cc2F)cc1. The second-order valence-corrected chi connectivity index (χ2v) is 7.73. The van der Waals surface area contributed by atoms with Crippen molar-refractivity contribution in [1.29, 1.82) is 0 Å². The molecule has 0 fully saturated rings. The van der Waals surface area contributed by atoms with Gasteiger partial charge < -0.3 is 0 Å². The van der Waals surface area contributed by atoms with Crippen LogP contribution in [0.1, 0.15) is 42.3 Å². The van der Waals surface area contributed by atoms with Crippen LogP contribution in [0.2, 0.25) is 0 Å². The average Bonchev–Trinajstić information content (AvgIpc) is 2.37. The van der Waals surface area contributed by atoms with Gasteiger partial charge in [0.2, 0.25) is 0 Å². The van der Waals surface area contributed by atoms with Crippen LogP contribution >= 0.6 is 31.9 Å². The van der Waals surface area contributed by atoms with Gasteiger partial charge in [-0.25, -0.2) is 4.39 Å². The Hall–Kier alpha value is -0.670. The van der Waals surface area contributed by atoms with E-state index in [0.29, 0.717) is 5.56 Å². The molecule has 106 valence electrons. The van der Waals surface area contributed by atoms with Gasteiger partial charge in [-0.2, -0.15) is 0 Å². The van der Waals surface area contributed by atoms with Crippen LogP contribution in [-0.4, -0.2) is 0 Å². The van der Waals surface area contributed by atoms with Gasteiger partial charge in [0, 0.05) is 10.0 Å². The Kier molecular flexibility index (Phi) is 4.70. The van der Waals surface area contributed by atoms with Crippen LogP contribution < -0.4 is 0 Å². The van der Waals surface area contributed by atoms with Crippen LogP contribution in [0.25, 0.3) is 0 Å². The van der Waals surface area contributed by atoms with Gasteiger partial charge in [-0.1, -0.05) is 83.0 Å². The van der Waals surface area contributed by atoms with Gasteiger partial charge >= 0.3 is 0 Å². The highest BCUT2D eigenvalue weighted by Gasteiger charge is 2.17. The summed E-state index contributed by atoms with van der Waals surface area (Å²) in [6, 6.07) is 13.5. The molecule has 0 aliphatic rings. The number of benzene rings is 2. The Bertz CT molecular complexity index is 597. The van der Waals surface area contributed by atoms with Crippen molar-refractivity contribution in [1.82, 2.24) is 0 Å². The molecule has 2 rings (SSSR count). The lowest BCUT2D eigenvalue weighted by Crippen LogP contribution is -2.10. The van der Waals surface area contributed by atoms with E-state index in [1.165, 1.54) is 11.6 Å². The minimum atomic E-state index is -0.207. The monoisotopic (exact) mass is 398 g/mol. The number of rotatable bonds is 2. The molecule has 1 atom stereocenters. The third-order valence-electron chi connectivity index (χ3n) is 3.30. The molecular weight excluding hydrogens is 383 g/mol. The van der Waals surface area contributed by atoms with E-state index in [4.69, 9.17) is 0 Å². The summed E-state index contributed by atoms with van der Waals surface area (Å²) >= 11 is 6.87. The second-order valence-electron chi connectivity index (χ2n) is 5.90. The molecule has 2 aromatic rings. The molecule has 0 amide bonds. The van der Waals surface area contributed by atoms with Crippen molar-refractivity contribution in [2.75, 3.05) is 0 Å². The molecule has 0 aromatic heterocycles. The Morgan fingerprint density at radius 3 is 2.10 bits per heavy atom. The maximum absolute atomic E-state index is 14.0. The van der Waals surface area contributed by atoms with Crippen molar-refractivity contribution in [2.24, 2.45) is 0 Å². The molecule has 2 aromatic carbocycles. The van der Waals surface area contributed by atoms with E-state index in [1.807, 2.05) is 6.07 Å². The summed E-state index contributed by atoms with van der Waals surface area (Å²) in [6.45, 7) is 6.55. The molecule has 0 aliphatic carbocycles. The maximum atomic E-state index is 14.0. The Labute approximate surface area is 136 Å². The molecular formula is C17H17Br2F. The average molecular weight is 400 g/mol. The van der Waals surface area contributed by atoms with E-state index in [2.05, 4.69) is 76.9 Å². The molecule has 1 unspecified atom stereocenters. The van der Waals surface area contributed by atoms with Crippen LogP contribution in [0.15, 0.2) is 46.9 Å². The predicted octanol–water partition coefficient (Wildman–Crippen LogP) is 6.37. The van der Waals surface area contributed by atoms with E-state index >= 15 is 0 Å². The van der Waals surface area contributed by atoms with Gasteiger partial charge in [0.05, 0.1) is 4.83 Å². The summed E-state index contributed by atoms with van der Waals surface area (Å²) in [5, 5.41) is 0. The van der Waals surface area contributed by atoms with Gasteiger partial charge in [-0.3, -0.25) is 0 Å². The molecule has 0 aliphatic heterocycles. The Morgan fingerprint density at radius 2 is 1.60 bits per heavy atom. The van der Waals surface area contributed by atoms with Crippen molar-refractivity contribution in [2.45, 2.75) is 31.0 Å². The molecule has 0 saturated carbocycles. The fraction of sp³-hybridized carbons (Fsp3) is 0.294. The van der Waals surface area contributed by atoms with Gasteiger partial charge in [0.25, 0.3) is 0 Å². The predicted molar refractivity (Wildman–Crippen MR) is 90.0 cm³/mol. The van der Waals surface area contributed by atoms with E-state index in [-0.39, 0.29) is 16.1 Å². The third kappa shape index (κ3) is 3.50. The molecule has 0 saturated heterocycles. The van der Waals surface area contributed by atoms with Crippen molar-refractivity contribution in [3.05, 3.63) is 69.4 Å². The third-order valence-corrected chi connectivity index (χ3v) is 4.82. The zero-order valence-corrected chi connectivity index (χ0v) is 14.9. The highest BCUT2D eigenvalue weighted by Crippen LogP contribution is 2.34. The summed E-state index contributed by atoms with van der Waals surface area (Å²) in [5.74, 6) is -0.207. The van der Waals surface area contributed by atoms with Gasteiger partial charge in [-0.05, 0) is 28.7 Å². The zero-order valence-electron chi connectivity index (χ0n) is 11.8. The summed E-state index contributed by atoms with van der Waals surface area (Å²) < 4.78 is 14.7. The molecule has 3 heteroatoms. The van der Waals surface area contributed by atoms with Crippen LogP contribution in [0.3, 0.4) is 0 Å². The first kappa shape index (κ1) is 15.7. The normalized spacial score (nSPS) is 13.3. The molecule has 0 N–H and O–H groups in total. The number of hydrogen-bond acceptors (Lipinski definition) is 0. The number of alkyl halides is 1. The smallest absolute Gasteiger partial charge is 0.129 e.